The van der Waals surface area contributed by atoms with Crippen LogP contribution in [0.1, 0.15) is 30.9 Å². The van der Waals surface area contributed by atoms with Crippen LogP contribution < -0.4 is 16.0 Å². The van der Waals surface area contributed by atoms with E-state index < -0.39 is 18.2 Å². The van der Waals surface area contributed by atoms with Gasteiger partial charge in [0.2, 0.25) is 0 Å². The highest BCUT2D eigenvalue weighted by atomic mass is 16.6. The largest absolute Gasteiger partial charge is 0.445 e. The molecule has 0 radical (unpaired) electrons. The highest BCUT2D eigenvalue weighted by Crippen LogP contribution is 2.25. The summed E-state index contributed by atoms with van der Waals surface area (Å²) < 4.78 is 10.5. The second-order valence-electron chi connectivity index (χ2n) is 7.33. The smallest absolute Gasteiger partial charge is 0.407 e. The summed E-state index contributed by atoms with van der Waals surface area (Å²) in [5.74, 6) is 0.660. The van der Waals surface area contributed by atoms with Crippen molar-refractivity contribution >= 4 is 23.5 Å². The Morgan fingerprint density at radius 1 is 1.18 bits per heavy atom. The molecule has 9 nitrogen and oxygen atoms in total. The van der Waals surface area contributed by atoms with Crippen LogP contribution in [0.5, 0.6) is 0 Å². The summed E-state index contributed by atoms with van der Waals surface area (Å²) in [6, 6.07) is 14.2. The van der Waals surface area contributed by atoms with E-state index in [9.17, 15) is 9.59 Å². The van der Waals surface area contributed by atoms with Gasteiger partial charge in [-0.2, -0.15) is 5.26 Å². The molecule has 9 heteroatoms. The number of alkyl carbamates (subject to hydrolysis) is 1. The first-order valence-electron chi connectivity index (χ1n) is 10.5. The molecule has 0 saturated heterocycles. The van der Waals surface area contributed by atoms with Crippen molar-refractivity contribution < 1.29 is 18.7 Å². The highest BCUT2D eigenvalue weighted by molar-refractivity contribution is 6.00. The molecule has 33 heavy (non-hydrogen) atoms. The molecule has 0 unspecified atom stereocenters. The minimum atomic E-state index is -0.586. The number of nitrogens with zero attached hydrogens (tertiary/aromatic N) is 2. The molecule has 3 N–H and O–H groups in total. The molecule has 3 amide bonds. The molecule has 0 spiro atoms. The zero-order valence-electron chi connectivity index (χ0n) is 18.4. The second kappa shape index (κ2) is 11.3. The lowest BCUT2D eigenvalue weighted by molar-refractivity contribution is 0.0971. The van der Waals surface area contributed by atoms with E-state index in [-0.39, 0.29) is 13.0 Å². The van der Waals surface area contributed by atoms with Crippen LogP contribution in [0.15, 0.2) is 59.5 Å². The SMILES string of the molecule is CC[C@@H](CC#N)OC(=O)NCc1cccc(NC(=O)Nc2ccc(-c3cnco3)c(C)c2)c1. The third-order valence-corrected chi connectivity index (χ3v) is 4.85. The number of benzene rings is 2. The molecule has 1 heterocycles. The minimum absolute atomic E-state index is 0.154. The maximum Gasteiger partial charge on any atom is 0.407 e. The van der Waals surface area contributed by atoms with Gasteiger partial charge >= 0.3 is 12.1 Å². The van der Waals surface area contributed by atoms with Crippen molar-refractivity contribution in [1.29, 1.82) is 5.26 Å². The summed E-state index contributed by atoms with van der Waals surface area (Å²) in [6.07, 6.45) is 2.71. The molecular weight excluding hydrogens is 422 g/mol. The number of amides is 3. The topological polar surface area (TPSA) is 129 Å². The van der Waals surface area contributed by atoms with E-state index in [2.05, 4.69) is 20.9 Å². The standard InChI is InChI=1S/C24H25N5O4/c1-3-20(9-10-25)33-24(31)27-13-17-5-4-6-18(12-17)28-23(30)29-19-7-8-21(16(2)11-19)22-14-26-15-32-22/h4-8,11-12,14-15,20H,3,9,13H2,1-2H3,(H,27,31)(H2,28,29,30)/t20-/m0/s1. The van der Waals surface area contributed by atoms with E-state index >= 15 is 0 Å². The summed E-state index contributed by atoms with van der Waals surface area (Å²) >= 11 is 0. The van der Waals surface area contributed by atoms with E-state index in [1.54, 1.807) is 30.5 Å². The van der Waals surface area contributed by atoms with E-state index in [4.69, 9.17) is 14.4 Å². The number of ether oxygens (including phenoxy) is 1. The molecule has 0 saturated carbocycles. The Morgan fingerprint density at radius 2 is 1.97 bits per heavy atom. The van der Waals surface area contributed by atoms with Gasteiger partial charge in [-0.1, -0.05) is 19.1 Å². The fraction of sp³-hybridized carbons (Fsp3) is 0.250. The maximum absolute atomic E-state index is 12.4. The third kappa shape index (κ3) is 6.83. The molecule has 3 rings (SSSR count). The molecule has 0 aliphatic carbocycles. The first-order valence-corrected chi connectivity index (χ1v) is 10.5. The summed E-state index contributed by atoms with van der Waals surface area (Å²) in [7, 11) is 0. The van der Waals surface area contributed by atoms with Crippen LogP contribution in [0, 0.1) is 18.3 Å². The van der Waals surface area contributed by atoms with Gasteiger partial charge in [-0.25, -0.2) is 14.6 Å². The molecule has 0 aliphatic heterocycles. The fourth-order valence-electron chi connectivity index (χ4n) is 3.16. The van der Waals surface area contributed by atoms with Crippen molar-refractivity contribution in [3.05, 3.63) is 66.2 Å². The van der Waals surface area contributed by atoms with Crippen LogP contribution in [-0.2, 0) is 11.3 Å². The quantitative estimate of drug-likeness (QED) is 0.434. The van der Waals surface area contributed by atoms with Crippen LogP contribution >= 0.6 is 0 Å². The monoisotopic (exact) mass is 447 g/mol. The van der Waals surface area contributed by atoms with Crippen molar-refractivity contribution in [2.75, 3.05) is 10.6 Å². The Bertz CT molecular complexity index is 1140. The van der Waals surface area contributed by atoms with E-state index in [0.29, 0.717) is 23.6 Å². The molecule has 1 atom stereocenters. The molecule has 170 valence electrons. The van der Waals surface area contributed by atoms with Gasteiger partial charge in [0.05, 0.1) is 18.7 Å². The Balaban J connectivity index is 1.53. The number of carbonyl (C=O) groups is 2. The maximum atomic E-state index is 12.4. The lowest BCUT2D eigenvalue weighted by Crippen LogP contribution is -2.28. The zero-order valence-corrected chi connectivity index (χ0v) is 18.4. The second-order valence-corrected chi connectivity index (χ2v) is 7.33. The molecule has 0 bridgehead atoms. The van der Waals surface area contributed by atoms with Gasteiger partial charge in [0.25, 0.3) is 0 Å². The number of anilines is 2. The van der Waals surface area contributed by atoms with Crippen molar-refractivity contribution in [1.82, 2.24) is 10.3 Å². The molecule has 1 aromatic heterocycles. The predicted octanol–water partition coefficient (Wildman–Crippen LogP) is 5.21. The van der Waals surface area contributed by atoms with Gasteiger partial charge in [-0.05, 0) is 54.8 Å². The zero-order chi connectivity index (χ0) is 23.6. The van der Waals surface area contributed by atoms with Crippen LogP contribution in [-0.4, -0.2) is 23.2 Å². The van der Waals surface area contributed by atoms with Crippen LogP contribution in [0.4, 0.5) is 21.0 Å². The average Bonchev–Trinajstić information content (AvgIpc) is 3.32. The number of aromatic nitrogens is 1. The van der Waals surface area contributed by atoms with Crippen molar-refractivity contribution in [3.8, 4) is 17.4 Å². The van der Waals surface area contributed by atoms with Gasteiger partial charge in [-0.15, -0.1) is 0 Å². The van der Waals surface area contributed by atoms with E-state index in [0.717, 1.165) is 16.7 Å². The number of urea groups is 1. The number of aryl methyl sites for hydroxylation is 1. The average molecular weight is 447 g/mol. The van der Waals surface area contributed by atoms with Crippen LogP contribution in [0.2, 0.25) is 0 Å². The summed E-state index contributed by atoms with van der Waals surface area (Å²) in [4.78, 5) is 28.3. The number of hydrogen-bond donors (Lipinski definition) is 3. The molecule has 0 aliphatic rings. The molecular formula is C24H25N5O4. The Labute approximate surface area is 191 Å². The summed E-state index contributed by atoms with van der Waals surface area (Å²) in [5, 5.41) is 17.0. The fourth-order valence-corrected chi connectivity index (χ4v) is 3.16. The Kier molecular flexibility index (Phi) is 8.02. The van der Waals surface area contributed by atoms with Gasteiger partial charge in [-0.3, -0.25) is 0 Å². The Hall–Kier alpha value is -4.32. The predicted molar refractivity (Wildman–Crippen MR) is 123 cm³/mol. The van der Waals surface area contributed by atoms with Crippen LogP contribution in [0.3, 0.4) is 0 Å². The van der Waals surface area contributed by atoms with Crippen molar-refractivity contribution in [2.45, 2.75) is 39.3 Å². The molecule has 2 aromatic carbocycles. The first-order chi connectivity index (χ1) is 16.0. The first kappa shape index (κ1) is 23.3. The van der Waals surface area contributed by atoms with Gasteiger partial charge in [0, 0.05) is 23.5 Å². The number of oxazole rings is 1. The highest BCUT2D eigenvalue weighted by Gasteiger charge is 2.12. The molecule has 0 fully saturated rings. The Morgan fingerprint density at radius 3 is 2.64 bits per heavy atom. The number of nitriles is 1. The number of carbonyl (C=O) groups excluding carboxylic acids is 2. The van der Waals surface area contributed by atoms with Crippen molar-refractivity contribution in [2.24, 2.45) is 0 Å². The van der Waals surface area contributed by atoms with Crippen LogP contribution in [0.25, 0.3) is 11.3 Å². The number of nitrogens with one attached hydrogen (secondary N) is 3. The minimum Gasteiger partial charge on any atom is -0.445 e. The van der Waals surface area contributed by atoms with E-state index in [1.807, 2.05) is 38.1 Å². The lowest BCUT2D eigenvalue weighted by Gasteiger charge is -2.14. The third-order valence-electron chi connectivity index (χ3n) is 4.85. The molecule has 3 aromatic rings. The van der Waals surface area contributed by atoms with Gasteiger partial charge < -0.3 is 25.1 Å². The number of hydrogen-bond acceptors (Lipinski definition) is 6. The normalized spacial score (nSPS) is 11.2. The van der Waals surface area contributed by atoms with E-state index in [1.165, 1.54) is 6.39 Å². The van der Waals surface area contributed by atoms with Crippen molar-refractivity contribution in [3.63, 3.8) is 0 Å². The van der Waals surface area contributed by atoms with Gasteiger partial charge in [0.15, 0.2) is 12.2 Å². The lowest BCUT2D eigenvalue weighted by atomic mass is 10.1. The van der Waals surface area contributed by atoms with Gasteiger partial charge in [0.1, 0.15) is 6.10 Å². The summed E-state index contributed by atoms with van der Waals surface area (Å²) in [6.45, 7) is 3.99. The number of rotatable bonds is 8. The summed E-state index contributed by atoms with van der Waals surface area (Å²) in [5.41, 5.74) is 3.83.